The summed E-state index contributed by atoms with van der Waals surface area (Å²) in [4.78, 5) is 13.6. The average Bonchev–Trinajstić information content (AvgIpc) is 2.86. The molecule has 0 radical (unpaired) electrons. The molecular formula is C10H19Cl2N7O5. The van der Waals surface area contributed by atoms with E-state index in [9.17, 15) is 20.1 Å². The average molecular weight is 388 g/mol. The van der Waals surface area contributed by atoms with Crippen LogP contribution >= 0.6 is 0 Å². The lowest BCUT2D eigenvalue weighted by Crippen LogP contribution is -3.00. The lowest BCUT2D eigenvalue weighted by atomic mass is 9.86. The summed E-state index contributed by atoms with van der Waals surface area (Å²) in [6.07, 6.45) is -2.48. The maximum absolute atomic E-state index is 10.8. The van der Waals surface area contributed by atoms with Crippen molar-refractivity contribution in [2.24, 2.45) is 17.2 Å². The quantitative estimate of drug-likeness (QED) is 0.162. The standard InChI is InChI=1S/C10H17N7O5.2ClH/c11-6-15-5-3(2-22-8(13)19)14-7(12)17-1-4(18)10(20,21)9(5,17)16-6;;/h3-5,18,20-21H,1-2H2,(H7,11,12,13,14,15,16,19);2*1H/t3-,4-,5-,9-;;/m0../s1. The molecule has 0 aromatic heterocycles. The highest BCUT2D eigenvalue weighted by Gasteiger charge is 2.77. The van der Waals surface area contributed by atoms with Crippen LogP contribution in [0.1, 0.15) is 0 Å². The van der Waals surface area contributed by atoms with Crippen LogP contribution in [0, 0.1) is 0 Å². The highest BCUT2D eigenvalue weighted by Crippen LogP contribution is 2.37. The number of rotatable bonds is 2. The summed E-state index contributed by atoms with van der Waals surface area (Å²) in [6.45, 7) is -0.321. The number of aliphatic hydroxyl groups excluding tert-OH is 1. The molecule has 4 atom stereocenters. The van der Waals surface area contributed by atoms with Crippen LogP contribution in [0.5, 0.6) is 0 Å². The smallest absolute Gasteiger partial charge is 0.404 e. The van der Waals surface area contributed by atoms with Gasteiger partial charge in [-0.05, 0) is 0 Å². The van der Waals surface area contributed by atoms with Gasteiger partial charge in [-0.2, -0.15) is 0 Å². The van der Waals surface area contributed by atoms with Gasteiger partial charge in [-0.25, -0.2) is 14.7 Å². The third kappa shape index (κ3) is 2.46. The number of ether oxygens (including phenoxy) is 1. The molecule has 1 fully saturated rings. The summed E-state index contributed by atoms with van der Waals surface area (Å²) >= 11 is 0. The summed E-state index contributed by atoms with van der Waals surface area (Å²) in [5.74, 6) is -2.41. The van der Waals surface area contributed by atoms with E-state index < -0.39 is 35.7 Å². The fourth-order valence-electron chi connectivity index (χ4n) is 3.39. The van der Waals surface area contributed by atoms with Gasteiger partial charge in [-0.1, -0.05) is 0 Å². The maximum Gasteiger partial charge on any atom is 0.404 e. The number of nitrogens with zero attached hydrogens (tertiary/aromatic N) is 1. The number of carbonyl (C=O) groups is 1. The van der Waals surface area contributed by atoms with Gasteiger partial charge in [0.05, 0.1) is 0 Å². The monoisotopic (exact) mass is 387 g/mol. The molecule has 0 aliphatic carbocycles. The van der Waals surface area contributed by atoms with Crippen molar-refractivity contribution in [2.75, 3.05) is 13.2 Å². The van der Waals surface area contributed by atoms with Crippen LogP contribution in [-0.4, -0.2) is 80.7 Å². The molecule has 1 spiro atoms. The Morgan fingerprint density at radius 3 is 2.62 bits per heavy atom. The van der Waals surface area contributed by atoms with E-state index in [0.29, 0.717) is 0 Å². The van der Waals surface area contributed by atoms with Crippen LogP contribution in [0.2, 0.25) is 0 Å². The second kappa shape index (κ2) is 6.29. The van der Waals surface area contributed by atoms with Crippen molar-refractivity contribution >= 4 is 18.0 Å². The van der Waals surface area contributed by atoms with E-state index in [4.69, 9.17) is 21.9 Å². The van der Waals surface area contributed by atoms with Crippen LogP contribution in [-0.2, 0) is 4.74 Å². The maximum atomic E-state index is 10.8. The van der Waals surface area contributed by atoms with E-state index in [1.807, 2.05) is 0 Å². The van der Waals surface area contributed by atoms with Crippen molar-refractivity contribution in [3.8, 4) is 0 Å². The van der Waals surface area contributed by atoms with Gasteiger partial charge in [0.15, 0.2) is 6.04 Å². The molecule has 1 amide bonds. The van der Waals surface area contributed by atoms with Crippen molar-refractivity contribution in [1.29, 1.82) is 0 Å². The van der Waals surface area contributed by atoms with E-state index in [2.05, 4.69) is 15.6 Å². The van der Waals surface area contributed by atoms with E-state index in [1.165, 1.54) is 4.58 Å². The molecule has 0 bridgehead atoms. The molecule has 24 heavy (non-hydrogen) atoms. The SMILES string of the molecule is NC(=O)OC[C@@H]1NC(N)=[N+]2C[C@H](O)C(O)(O)[C@@]23NC(N)=[NH+][C@@H]13.[Cl-].[Cl-]. The number of primary amides is 1. The summed E-state index contributed by atoms with van der Waals surface area (Å²) in [6, 6.07) is -1.44. The number of guanidine groups is 2. The van der Waals surface area contributed by atoms with E-state index >= 15 is 0 Å². The molecule has 0 saturated carbocycles. The normalized spacial score (nSPS) is 35.3. The zero-order chi connectivity index (χ0) is 16.3. The first-order chi connectivity index (χ1) is 10.2. The van der Waals surface area contributed by atoms with E-state index in [1.54, 1.807) is 0 Å². The Kier molecular flexibility index (Phi) is 5.33. The number of hydrogen-bond acceptors (Lipinski definition) is 9. The molecule has 1 saturated heterocycles. The number of nitrogens with one attached hydrogen (secondary N) is 3. The third-order valence-electron chi connectivity index (χ3n) is 4.32. The molecule has 0 aromatic rings. The summed E-state index contributed by atoms with van der Waals surface area (Å²) < 4.78 is 6.13. The zero-order valence-electron chi connectivity index (χ0n) is 12.2. The Bertz CT molecular complexity index is 600. The minimum atomic E-state index is -2.55. The minimum absolute atomic E-state index is 0. The second-order valence-electron chi connectivity index (χ2n) is 5.55. The van der Waals surface area contributed by atoms with Crippen molar-refractivity contribution in [3.63, 3.8) is 0 Å². The number of amides is 1. The number of halogens is 2. The fourth-order valence-corrected chi connectivity index (χ4v) is 3.39. The number of aliphatic hydroxyl groups is 3. The Balaban J connectivity index is 0.00000144. The topological polar surface area (TPSA) is 206 Å². The van der Waals surface area contributed by atoms with Gasteiger partial charge >= 0.3 is 18.0 Å². The van der Waals surface area contributed by atoms with E-state index in [0.717, 1.165) is 0 Å². The van der Waals surface area contributed by atoms with E-state index in [-0.39, 0.29) is 49.9 Å². The van der Waals surface area contributed by atoms with Crippen molar-refractivity contribution < 1.29 is 59.2 Å². The molecule has 12 nitrogen and oxygen atoms in total. The summed E-state index contributed by atoms with van der Waals surface area (Å²) in [7, 11) is 0. The minimum Gasteiger partial charge on any atom is -1.00 e. The molecule has 3 aliphatic rings. The third-order valence-corrected chi connectivity index (χ3v) is 4.32. The van der Waals surface area contributed by atoms with Gasteiger partial charge in [0, 0.05) is 0 Å². The summed E-state index contributed by atoms with van der Waals surface area (Å²) in [5, 5.41) is 36.4. The summed E-state index contributed by atoms with van der Waals surface area (Å²) in [5.41, 5.74) is 15.0. The lowest BCUT2D eigenvalue weighted by molar-refractivity contribution is -0.674. The Hall–Kier alpha value is -1.73. The molecule has 138 valence electrons. The Morgan fingerprint density at radius 2 is 2.04 bits per heavy atom. The van der Waals surface area contributed by atoms with Gasteiger partial charge in [0.1, 0.15) is 25.3 Å². The predicted octanol–water partition coefficient (Wildman–Crippen LogP) is -13.5. The molecule has 12 N–H and O–H groups in total. The molecule has 0 unspecified atom stereocenters. The molecule has 3 aliphatic heterocycles. The van der Waals surface area contributed by atoms with Gasteiger partial charge in [-0.15, -0.1) is 0 Å². The number of nitrogens with two attached hydrogens (primary N) is 3. The highest BCUT2D eigenvalue weighted by atomic mass is 35.5. The van der Waals surface area contributed by atoms with Crippen LogP contribution < -0.4 is 57.6 Å². The van der Waals surface area contributed by atoms with Gasteiger partial charge in [0.25, 0.3) is 11.4 Å². The van der Waals surface area contributed by atoms with Gasteiger partial charge < -0.3 is 50.6 Å². The second-order valence-corrected chi connectivity index (χ2v) is 5.55. The van der Waals surface area contributed by atoms with Gasteiger partial charge in [0.2, 0.25) is 0 Å². The molecule has 14 heteroatoms. The predicted molar refractivity (Wildman–Crippen MR) is 69.8 cm³/mol. The first-order valence-electron chi connectivity index (χ1n) is 6.59. The molecule has 3 heterocycles. The van der Waals surface area contributed by atoms with Gasteiger partial charge in [-0.3, -0.25) is 21.8 Å². The first kappa shape index (κ1) is 20.3. The highest BCUT2D eigenvalue weighted by molar-refractivity contribution is 5.78. The lowest BCUT2D eigenvalue weighted by Gasteiger charge is -2.40. The fraction of sp³-hybridized carbons (Fsp3) is 0.700. The van der Waals surface area contributed by atoms with Crippen LogP contribution in [0.25, 0.3) is 0 Å². The largest absolute Gasteiger partial charge is 1.00 e. The Morgan fingerprint density at radius 1 is 1.42 bits per heavy atom. The number of carbonyl (C=O) groups excluding carboxylic acids is 1. The van der Waals surface area contributed by atoms with Crippen molar-refractivity contribution in [2.45, 2.75) is 29.6 Å². The van der Waals surface area contributed by atoms with Crippen LogP contribution in [0.15, 0.2) is 0 Å². The first-order valence-corrected chi connectivity index (χ1v) is 6.59. The molecule has 0 aromatic carbocycles. The zero-order valence-corrected chi connectivity index (χ0v) is 13.8. The molecule has 3 rings (SSSR count). The van der Waals surface area contributed by atoms with Crippen LogP contribution in [0.3, 0.4) is 0 Å². The van der Waals surface area contributed by atoms with Crippen molar-refractivity contribution in [3.05, 3.63) is 0 Å². The number of hydrogen-bond donors (Lipinski definition) is 9. The van der Waals surface area contributed by atoms with Crippen LogP contribution in [0.4, 0.5) is 4.79 Å². The Labute approximate surface area is 148 Å². The van der Waals surface area contributed by atoms with Crippen molar-refractivity contribution in [1.82, 2.24) is 10.6 Å². The molecular weight excluding hydrogens is 369 g/mol.